The molecule has 0 bridgehead atoms. The number of aryl methyl sites for hydroxylation is 1. The molecule has 0 aliphatic carbocycles. The standard InChI is InChI=1S/C27H39N3O4S/c1-5-7-19-28-27(32)25(6-2)30(21-23-17-15-22(3)16-18-23)26(31)14-11-20-29(4)35(33,34)24-12-9-8-10-13-24/h8-10,12-13,15-18,25H,5-7,11,14,19-21H2,1-4H3,(H,28,32)/t25-/m1/s1. The second-order valence-electron chi connectivity index (χ2n) is 8.82. The summed E-state index contributed by atoms with van der Waals surface area (Å²) in [5, 5.41) is 2.96. The Hall–Kier alpha value is -2.71. The van der Waals surface area contributed by atoms with Crippen LogP contribution in [0.15, 0.2) is 59.5 Å². The fourth-order valence-electron chi connectivity index (χ4n) is 3.81. The van der Waals surface area contributed by atoms with Gasteiger partial charge in [0.2, 0.25) is 21.8 Å². The maximum atomic E-state index is 13.3. The number of hydrogen-bond donors (Lipinski definition) is 1. The Balaban J connectivity index is 2.10. The molecule has 35 heavy (non-hydrogen) atoms. The number of hydrogen-bond acceptors (Lipinski definition) is 4. The Morgan fingerprint density at radius 2 is 1.63 bits per heavy atom. The monoisotopic (exact) mass is 501 g/mol. The van der Waals surface area contributed by atoms with E-state index in [0.717, 1.165) is 24.0 Å². The highest BCUT2D eigenvalue weighted by Gasteiger charge is 2.28. The van der Waals surface area contributed by atoms with E-state index in [0.29, 0.717) is 25.9 Å². The van der Waals surface area contributed by atoms with E-state index < -0.39 is 16.1 Å². The summed E-state index contributed by atoms with van der Waals surface area (Å²) in [5.74, 6) is -0.307. The average Bonchev–Trinajstić information content (AvgIpc) is 2.85. The molecule has 1 N–H and O–H groups in total. The summed E-state index contributed by atoms with van der Waals surface area (Å²) in [5.41, 5.74) is 2.08. The zero-order chi connectivity index (χ0) is 25.8. The van der Waals surface area contributed by atoms with Gasteiger partial charge in [-0.15, -0.1) is 0 Å². The fourth-order valence-corrected chi connectivity index (χ4v) is 5.04. The van der Waals surface area contributed by atoms with E-state index in [2.05, 4.69) is 12.2 Å². The number of benzene rings is 2. The fraction of sp³-hybridized carbons (Fsp3) is 0.481. The third kappa shape index (κ3) is 8.47. The first-order valence-electron chi connectivity index (χ1n) is 12.3. The molecule has 0 unspecified atom stereocenters. The van der Waals surface area contributed by atoms with Gasteiger partial charge < -0.3 is 10.2 Å². The highest BCUT2D eigenvalue weighted by Crippen LogP contribution is 2.17. The Kier molecular flexibility index (Phi) is 11.4. The third-order valence-corrected chi connectivity index (χ3v) is 7.88. The van der Waals surface area contributed by atoms with Crippen molar-refractivity contribution in [3.63, 3.8) is 0 Å². The zero-order valence-electron chi connectivity index (χ0n) is 21.4. The number of nitrogens with one attached hydrogen (secondary N) is 1. The van der Waals surface area contributed by atoms with Gasteiger partial charge in [0.25, 0.3) is 0 Å². The highest BCUT2D eigenvalue weighted by atomic mass is 32.2. The van der Waals surface area contributed by atoms with E-state index in [1.807, 2.05) is 38.1 Å². The summed E-state index contributed by atoms with van der Waals surface area (Å²) >= 11 is 0. The van der Waals surface area contributed by atoms with Crippen molar-refractivity contribution in [1.82, 2.24) is 14.5 Å². The lowest BCUT2D eigenvalue weighted by Crippen LogP contribution is -2.49. The first-order chi connectivity index (χ1) is 16.7. The van der Waals surface area contributed by atoms with E-state index in [1.165, 1.54) is 11.4 Å². The van der Waals surface area contributed by atoms with Crippen molar-refractivity contribution in [3.8, 4) is 0 Å². The van der Waals surface area contributed by atoms with Gasteiger partial charge in [-0.05, 0) is 43.9 Å². The zero-order valence-corrected chi connectivity index (χ0v) is 22.2. The van der Waals surface area contributed by atoms with Crippen LogP contribution in [0.3, 0.4) is 0 Å². The molecule has 2 rings (SSSR count). The van der Waals surface area contributed by atoms with Crippen LogP contribution < -0.4 is 5.32 Å². The number of carbonyl (C=O) groups is 2. The quantitative estimate of drug-likeness (QED) is 0.395. The van der Waals surface area contributed by atoms with Gasteiger partial charge in [-0.2, -0.15) is 0 Å². The van der Waals surface area contributed by atoms with E-state index in [4.69, 9.17) is 0 Å². The van der Waals surface area contributed by atoms with Crippen LogP contribution >= 0.6 is 0 Å². The molecular formula is C27H39N3O4S. The van der Waals surface area contributed by atoms with Crippen molar-refractivity contribution < 1.29 is 18.0 Å². The molecule has 0 fully saturated rings. The van der Waals surface area contributed by atoms with Gasteiger partial charge in [-0.3, -0.25) is 9.59 Å². The second kappa shape index (κ2) is 14.0. The molecule has 1 atom stereocenters. The van der Waals surface area contributed by atoms with Gasteiger partial charge in [0.1, 0.15) is 6.04 Å². The summed E-state index contributed by atoms with van der Waals surface area (Å²) in [6.07, 6.45) is 2.87. The molecular weight excluding hydrogens is 462 g/mol. The third-order valence-electron chi connectivity index (χ3n) is 6.00. The van der Waals surface area contributed by atoms with Crippen molar-refractivity contribution in [1.29, 1.82) is 0 Å². The molecule has 0 spiro atoms. The molecule has 0 heterocycles. The van der Waals surface area contributed by atoms with E-state index in [9.17, 15) is 18.0 Å². The molecule has 2 amide bonds. The summed E-state index contributed by atoms with van der Waals surface area (Å²) in [6, 6.07) is 15.6. The van der Waals surface area contributed by atoms with Crippen molar-refractivity contribution in [2.24, 2.45) is 0 Å². The highest BCUT2D eigenvalue weighted by molar-refractivity contribution is 7.89. The number of amides is 2. The molecule has 0 radical (unpaired) electrons. The maximum absolute atomic E-state index is 13.3. The molecule has 0 aliphatic heterocycles. The molecule has 0 saturated carbocycles. The largest absolute Gasteiger partial charge is 0.354 e. The molecule has 8 heteroatoms. The minimum Gasteiger partial charge on any atom is -0.354 e. The van der Waals surface area contributed by atoms with E-state index in [-0.39, 0.29) is 29.7 Å². The second-order valence-corrected chi connectivity index (χ2v) is 10.9. The summed E-state index contributed by atoms with van der Waals surface area (Å²) in [7, 11) is -2.09. The van der Waals surface area contributed by atoms with Gasteiger partial charge in [-0.25, -0.2) is 12.7 Å². The molecule has 192 valence electrons. The molecule has 0 aromatic heterocycles. The van der Waals surface area contributed by atoms with Crippen LogP contribution in [0.2, 0.25) is 0 Å². The molecule has 2 aromatic rings. The van der Waals surface area contributed by atoms with E-state index in [1.54, 1.807) is 35.2 Å². The lowest BCUT2D eigenvalue weighted by atomic mass is 10.1. The van der Waals surface area contributed by atoms with Gasteiger partial charge >= 0.3 is 0 Å². The Morgan fingerprint density at radius 3 is 2.23 bits per heavy atom. The Morgan fingerprint density at radius 1 is 0.971 bits per heavy atom. The number of sulfonamides is 1. The number of nitrogens with zero attached hydrogens (tertiary/aromatic N) is 2. The van der Waals surface area contributed by atoms with Gasteiger partial charge in [-0.1, -0.05) is 68.3 Å². The van der Waals surface area contributed by atoms with Crippen LogP contribution in [0.1, 0.15) is 57.1 Å². The summed E-state index contributed by atoms with van der Waals surface area (Å²) in [6.45, 7) is 7.09. The molecule has 2 aromatic carbocycles. The average molecular weight is 502 g/mol. The normalized spacial score (nSPS) is 12.4. The first-order valence-corrected chi connectivity index (χ1v) is 13.8. The summed E-state index contributed by atoms with van der Waals surface area (Å²) < 4.78 is 26.8. The van der Waals surface area contributed by atoms with Crippen molar-refractivity contribution in [2.45, 2.75) is 70.4 Å². The predicted octanol–water partition coefficient (Wildman–Crippen LogP) is 4.12. The summed E-state index contributed by atoms with van der Waals surface area (Å²) in [4.78, 5) is 28.1. The topological polar surface area (TPSA) is 86.8 Å². The minimum absolute atomic E-state index is 0.148. The van der Waals surface area contributed by atoms with Crippen LogP contribution in [0, 0.1) is 6.92 Å². The first kappa shape index (κ1) is 28.5. The smallest absolute Gasteiger partial charge is 0.242 e. The molecule has 0 saturated heterocycles. The van der Waals surface area contributed by atoms with Crippen molar-refractivity contribution >= 4 is 21.8 Å². The minimum atomic E-state index is -3.61. The van der Waals surface area contributed by atoms with Crippen molar-refractivity contribution in [3.05, 3.63) is 65.7 Å². The lowest BCUT2D eigenvalue weighted by molar-refractivity contribution is -0.141. The van der Waals surface area contributed by atoms with Gasteiger partial charge in [0.05, 0.1) is 4.90 Å². The Labute approximate surface area is 210 Å². The maximum Gasteiger partial charge on any atom is 0.242 e. The van der Waals surface area contributed by atoms with Crippen LogP contribution in [0.4, 0.5) is 0 Å². The number of unbranched alkanes of at least 4 members (excludes halogenated alkanes) is 1. The number of rotatable bonds is 14. The lowest BCUT2D eigenvalue weighted by Gasteiger charge is -2.31. The molecule has 0 aliphatic rings. The Bertz CT molecular complexity index is 1040. The van der Waals surface area contributed by atoms with Gasteiger partial charge in [0.15, 0.2) is 0 Å². The van der Waals surface area contributed by atoms with Crippen LogP contribution in [-0.4, -0.2) is 55.6 Å². The van der Waals surface area contributed by atoms with Crippen LogP contribution in [0.25, 0.3) is 0 Å². The van der Waals surface area contributed by atoms with Crippen LogP contribution in [0.5, 0.6) is 0 Å². The predicted molar refractivity (Wildman–Crippen MR) is 139 cm³/mol. The number of carbonyl (C=O) groups excluding carboxylic acids is 2. The van der Waals surface area contributed by atoms with Gasteiger partial charge in [0, 0.05) is 33.1 Å². The molecule has 7 nitrogen and oxygen atoms in total. The van der Waals surface area contributed by atoms with E-state index >= 15 is 0 Å². The van der Waals surface area contributed by atoms with Crippen LogP contribution in [-0.2, 0) is 26.2 Å². The van der Waals surface area contributed by atoms with Crippen molar-refractivity contribution in [2.75, 3.05) is 20.1 Å². The SMILES string of the molecule is CCCCNC(=O)[C@@H](CC)N(Cc1ccc(C)cc1)C(=O)CCCN(C)S(=O)(=O)c1ccccc1.